The van der Waals surface area contributed by atoms with Gasteiger partial charge < -0.3 is 14.6 Å². The van der Waals surface area contributed by atoms with Gasteiger partial charge in [0.25, 0.3) is 0 Å². The molecule has 0 aliphatic carbocycles. The standard InChI is InChI=1S/C17H31N3O/c1-6-15-11-20(8-7-19(15)5)12-16-9-14(13-21-16)10-18-17(2,3)4/h9,13,15,18H,6-8,10-12H2,1-5H3. The lowest BCUT2D eigenvalue weighted by Crippen LogP contribution is -2.50. The number of furan rings is 1. The van der Waals surface area contributed by atoms with Gasteiger partial charge in [-0.05, 0) is 40.3 Å². The van der Waals surface area contributed by atoms with Crippen molar-refractivity contribution in [1.29, 1.82) is 0 Å². The van der Waals surface area contributed by atoms with Gasteiger partial charge in [-0.2, -0.15) is 0 Å². The summed E-state index contributed by atoms with van der Waals surface area (Å²) in [6, 6.07) is 2.87. The van der Waals surface area contributed by atoms with Gasteiger partial charge in [-0.1, -0.05) is 6.92 Å². The Labute approximate surface area is 129 Å². The summed E-state index contributed by atoms with van der Waals surface area (Å²) < 4.78 is 5.73. The number of hydrogen-bond donors (Lipinski definition) is 1. The van der Waals surface area contributed by atoms with Crippen LogP contribution in [-0.4, -0.2) is 48.1 Å². The SMILES string of the molecule is CCC1CN(Cc2cc(CNC(C)(C)C)co2)CCN1C. The monoisotopic (exact) mass is 293 g/mol. The molecule has 1 unspecified atom stereocenters. The number of nitrogens with one attached hydrogen (secondary N) is 1. The average Bonchev–Trinajstić information content (AvgIpc) is 2.85. The molecule has 1 aromatic rings. The van der Waals surface area contributed by atoms with Crippen molar-refractivity contribution in [2.24, 2.45) is 0 Å². The molecule has 0 bridgehead atoms. The lowest BCUT2D eigenvalue weighted by molar-refractivity contribution is 0.0836. The molecule has 4 heteroatoms. The molecule has 1 aliphatic rings. The van der Waals surface area contributed by atoms with Crippen molar-refractivity contribution in [1.82, 2.24) is 15.1 Å². The molecule has 0 saturated carbocycles. The predicted octanol–water partition coefficient (Wildman–Crippen LogP) is 2.69. The predicted molar refractivity (Wildman–Crippen MR) is 87.3 cm³/mol. The van der Waals surface area contributed by atoms with E-state index in [2.05, 4.69) is 55.9 Å². The normalized spacial score (nSPS) is 21.9. The zero-order valence-corrected chi connectivity index (χ0v) is 14.3. The fraction of sp³-hybridized carbons (Fsp3) is 0.765. The average molecular weight is 293 g/mol. The number of rotatable bonds is 5. The molecule has 21 heavy (non-hydrogen) atoms. The molecular formula is C17H31N3O. The molecule has 0 amide bonds. The van der Waals surface area contributed by atoms with E-state index < -0.39 is 0 Å². The zero-order valence-electron chi connectivity index (χ0n) is 14.3. The van der Waals surface area contributed by atoms with Gasteiger partial charge >= 0.3 is 0 Å². The number of hydrogen-bond acceptors (Lipinski definition) is 4. The minimum absolute atomic E-state index is 0.142. The second kappa shape index (κ2) is 6.95. The van der Waals surface area contributed by atoms with Gasteiger partial charge in [0, 0.05) is 43.3 Å². The van der Waals surface area contributed by atoms with Crippen LogP contribution in [0.15, 0.2) is 16.7 Å². The Morgan fingerprint density at radius 3 is 2.76 bits per heavy atom. The highest BCUT2D eigenvalue weighted by Gasteiger charge is 2.23. The Kier molecular flexibility index (Phi) is 5.47. The van der Waals surface area contributed by atoms with Crippen molar-refractivity contribution >= 4 is 0 Å². The van der Waals surface area contributed by atoms with E-state index in [4.69, 9.17) is 4.42 Å². The summed E-state index contributed by atoms with van der Waals surface area (Å²) in [6.07, 6.45) is 3.10. The first-order chi connectivity index (χ1) is 9.87. The van der Waals surface area contributed by atoms with Crippen molar-refractivity contribution in [3.05, 3.63) is 23.7 Å². The summed E-state index contributed by atoms with van der Waals surface area (Å²) in [5.74, 6) is 1.08. The molecular weight excluding hydrogens is 262 g/mol. The highest BCUT2D eigenvalue weighted by atomic mass is 16.3. The van der Waals surface area contributed by atoms with Gasteiger partial charge in [-0.15, -0.1) is 0 Å². The fourth-order valence-corrected chi connectivity index (χ4v) is 2.78. The van der Waals surface area contributed by atoms with Gasteiger partial charge in [0.15, 0.2) is 0 Å². The minimum Gasteiger partial charge on any atom is -0.468 e. The van der Waals surface area contributed by atoms with Crippen LogP contribution >= 0.6 is 0 Å². The maximum absolute atomic E-state index is 5.73. The second-order valence-electron chi connectivity index (χ2n) is 7.30. The highest BCUT2D eigenvalue weighted by molar-refractivity contribution is 5.13. The molecule has 1 atom stereocenters. The Hall–Kier alpha value is -0.840. The van der Waals surface area contributed by atoms with E-state index in [1.807, 2.05) is 6.26 Å². The molecule has 1 aliphatic heterocycles. The van der Waals surface area contributed by atoms with Gasteiger partial charge in [0.05, 0.1) is 12.8 Å². The summed E-state index contributed by atoms with van der Waals surface area (Å²) in [6.45, 7) is 14.0. The minimum atomic E-state index is 0.142. The molecule has 1 saturated heterocycles. The van der Waals surface area contributed by atoms with Crippen LogP contribution in [0.1, 0.15) is 45.4 Å². The van der Waals surface area contributed by atoms with Crippen LogP contribution in [0.5, 0.6) is 0 Å². The molecule has 1 aromatic heterocycles. The molecule has 2 rings (SSSR count). The fourth-order valence-electron chi connectivity index (χ4n) is 2.78. The Balaban J connectivity index is 1.85. The second-order valence-corrected chi connectivity index (χ2v) is 7.30. The van der Waals surface area contributed by atoms with Gasteiger partial charge in [-0.25, -0.2) is 0 Å². The largest absolute Gasteiger partial charge is 0.468 e. The molecule has 0 radical (unpaired) electrons. The van der Waals surface area contributed by atoms with Crippen LogP contribution in [0, 0.1) is 0 Å². The van der Waals surface area contributed by atoms with Gasteiger partial charge in [0.2, 0.25) is 0 Å². The van der Waals surface area contributed by atoms with Crippen molar-refractivity contribution in [2.45, 2.75) is 58.8 Å². The maximum atomic E-state index is 5.73. The molecule has 0 spiro atoms. The Morgan fingerprint density at radius 1 is 1.33 bits per heavy atom. The van der Waals surface area contributed by atoms with Crippen molar-refractivity contribution in [2.75, 3.05) is 26.7 Å². The summed E-state index contributed by atoms with van der Waals surface area (Å²) in [4.78, 5) is 4.98. The van der Waals surface area contributed by atoms with E-state index in [-0.39, 0.29) is 5.54 Å². The van der Waals surface area contributed by atoms with E-state index in [0.29, 0.717) is 6.04 Å². The molecule has 0 aromatic carbocycles. The Morgan fingerprint density at radius 2 is 2.10 bits per heavy atom. The quantitative estimate of drug-likeness (QED) is 0.904. The third-order valence-electron chi connectivity index (χ3n) is 4.24. The number of likely N-dealkylation sites (N-methyl/N-ethyl adjacent to an activating group) is 1. The molecule has 2 heterocycles. The number of piperazine rings is 1. The summed E-state index contributed by atoms with van der Waals surface area (Å²) in [5, 5.41) is 3.50. The van der Waals surface area contributed by atoms with Crippen LogP contribution in [0.25, 0.3) is 0 Å². The molecule has 4 nitrogen and oxygen atoms in total. The third-order valence-corrected chi connectivity index (χ3v) is 4.24. The smallest absolute Gasteiger partial charge is 0.118 e. The highest BCUT2D eigenvalue weighted by Crippen LogP contribution is 2.16. The van der Waals surface area contributed by atoms with Gasteiger partial charge in [0.1, 0.15) is 5.76 Å². The van der Waals surface area contributed by atoms with Crippen LogP contribution in [-0.2, 0) is 13.1 Å². The van der Waals surface area contributed by atoms with Crippen molar-refractivity contribution < 1.29 is 4.42 Å². The Bertz CT molecular complexity index is 435. The van der Waals surface area contributed by atoms with E-state index in [9.17, 15) is 0 Å². The van der Waals surface area contributed by atoms with Crippen LogP contribution in [0.2, 0.25) is 0 Å². The maximum Gasteiger partial charge on any atom is 0.118 e. The number of nitrogens with zero attached hydrogens (tertiary/aromatic N) is 2. The van der Waals surface area contributed by atoms with Crippen molar-refractivity contribution in [3.63, 3.8) is 0 Å². The topological polar surface area (TPSA) is 31.6 Å². The third kappa shape index (κ3) is 5.13. The van der Waals surface area contributed by atoms with Gasteiger partial charge in [-0.3, -0.25) is 4.90 Å². The van der Waals surface area contributed by atoms with Crippen molar-refractivity contribution in [3.8, 4) is 0 Å². The van der Waals surface area contributed by atoms with E-state index >= 15 is 0 Å². The molecule has 1 fully saturated rings. The van der Waals surface area contributed by atoms with E-state index in [1.54, 1.807) is 0 Å². The summed E-state index contributed by atoms with van der Waals surface area (Å²) >= 11 is 0. The first kappa shape index (κ1) is 16.5. The van der Waals surface area contributed by atoms with Crippen LogP contribution in [0.4, 0.5) is 0 Å². The summed E-state index contributed by atoms with van der Waals surface area (Å²) in [5.41, 5.74) is 1.38. The van der Waals surface area contributed by atoms with Crippen LogP contribution < -0.4 is 5.32 Å². The van der Waals surface area contributed by atoms with Crippen LogP contribution in [0.3, 0.4) is 0 Å². The molecule has 1 N–H and O–H groups in total. The molecule has 120 valence electrons. The lowest BCUT2D eigenvalue weighted by Gasteiger charge is -2.38. The van der Waals surface area contributed by atoms with E-state index in [0.717, 1.165) is 38.5 Å². The lowest BCUT2D eigenvalue weighted by atomic mass is 10.1. The first-order valence-corrected chi connectivity index (χ1v) is 8.11. The van der Waals surface area contributed by atoms with E-state index in [1.165, 1.54) is 12.0 Å². The summed E-state index contributed by atoms with van der Waals surface area (Å²) in [7, 11) is 2.23. The first-order valence-electron chi connectivity index (χ1n) is 8.11. The zero-order chi connectivity index (χ0) is 15.5.